The molecule has 3 rings (SSSR count). The van der Waals surface area contributed by atoms with Crippen molar-refractivity contribution in [3.8, 4) is 0 Å². The van der Waals surface area contributed by atoms with E-state index in [0.29, 0.717) is 32.4 Å². The molecule has 1 aliphatic heterocycles. The summed E-state index contributed by atoms with van der Waals surface area (Å²) in [6, 6.07) is 15.9. The number of carbonyl (C=O) groups excluding carboxylic acids is 2. The Kier molecular flexibility index (Phi) is 6.34. The molecule has 28 heavy (non-hydrogen) atoms. The number of carbonyl (C=O) groups is 2. The summed E-state index contributed by atoms with van der Waals surface area (Å²) in [4.78, 5) is 29.0. The Morgan fingerprint density at radius 3 is 2.36 bits per heavy atom. The Balaban J connectivity index is 1.48. The van der Waals surface area contributed by atoms with Crippen LogP contribution >= 0.6 is 0 Å². The first-order chi connectivity index (χ1) is 13.4. The van der Waals surface area contributed by atoms with E-state index in [-0.39, 0.29) is 17.7 Å². The lowest BCUT2D eigenvalue weighted by atomic mass is 9.95. The van der Waals surface area contributed by atoms with Crippen molar-refractivity contribution in [3.05, 3.63) is 59.7 Å². The predicted octanol–water partition coefficient (Wildman–Crippen LogP) is 3.48. The summed E-state index contributed by atoms with van der Waals surface area (Å²) in [5, 5.41) is 3.01. The summed E-state index contributed by atoms with van der Waals surface area (Å²) >= 11 is 0. The maximum Gasteiger partial charge on any atom is 0.227 e. The summed E-state index contributed by atoms with van der Waals surface area (Å²) in [7, 11) is 3.98. The Morgan fingerprint density at radius 1 is 1.07 bits per heavy atom. The van der Waals surface area contributed by atoms with Gasteiger partial charge in [0.05, 0.1) is 6.42 Å². The van der Waals surface area contributed by atoms with E-state index >= 15 is 0 Å². The van der Waals surface area contributed by atoms with Gasteiger partial charge in [-0.1, -0.05) is 29.8 Å². The van der Waals surface area contributed by atoms with Gasteiger partial charge in [0.2, 0.25) is 11.8 Å². The van der Waals surface area contributed by atoms with Crippen LogP contribution in [0.2, 0.25) is 0 Å². The van der Waals surface area contributed by atoms with E-state index in [4.69, 9.17) is 0 Å². The largest absolute Gasteiger partial charge is 0.378 e. The highest BCUT2D eigenvalue weighted by Crippen LogP contribution is 2.22. The average molecular weight is 380 g/mol. The van der Waals surface area contributed by atoms with Gasteiger partial charge in [0.15, 0.2) is 0 Å². The van der Waals surface area contributed by atoms with Gasteiger partial charge in [-0.3, -0.25) is 9.59 Å². The van der Waals surface area contributed by atoms with Gasteiger partial charge in [0.25, 0.3) is 0 Å². The number of rotatable bonds is 5. The van der Waals surface area contributed by atoms with E-state index in [9.17, 15) is 9.59 Å². The fraction of sp³-hybridized carbons (Fsp3) is 0.391. The lowest BCUT2D eigenvalue weighted by Gasteiger charge is -2.31. The lowest BCUT2D eigenvalue weighted by molar-refractivity contribution is -0.133. The minimum atomic E-state index is -0.0449. The molecule has 1 saturated heterocycles. The summed E-state index contributed by atoms with van der Waals surface area (Å²) in [5.41, 5.74) is 4.12. The summed E-state index contributed by atoms with van der Waals surface area (Å²) in [6.45, 7) is 3.32. The van der Waals surface area contributed by atoms with Crippen LogP contribution in [0.25, 0.3) is 0 Å². The van der Waals surface area contributed by atoms with Crippen molar-refractivity contribution >= 4 is 23.2 Å². The Labute approximate surface area is 167 Å². The van der Waals surface area contributed by atoms with E-state index in [0.717, 1.165) is 16.9 Å². The van der Waals surface area contributed by atoms with Gasteiger partial charge in [-0.05, 0) is 49.6 Å². The number of anilines is 2. The first kappa shape index (κ1) is 19.9. The molecule has 0 bridgehead atoms. The van der Waals surface area contributed by atoms with Crippen LogP contribution in [-0.4, -0.2) is 43.9 Å². The van der Waals surface area contributed by atoms with Crippen LogP contribution < -0.4 is 10.2 Å². The fourth-order valence-corrected chi connectivity index (χ4v) is 3.59. The Morgan fingerprint density at radius 2 is 1.75 bits per heavy atom. The van der Waals surface area contributed by atoms with Crippen LogP contribution in [0.15, 0.2) is 48.5 Å². The smallest absolute Gasteiger partial charge is 0.227 e. The topological polar surface area (TPSA) is 52.7 Å². The number of aryl methyl sites for hydroxylation is 1. The summed E-state index contributed by atoms with van der Waals surface area (Å²) < 4.78 is 0. The van der Waals surface area contributed by atoms with Gasteiger partial charge in [0, 0.05) is 44.5 Å². The molecule has 0 aromatic heterocycles. The predicted molar refractivity (Wildman–Crippen MR) is 114 cm³/mol. The van der Waals surface area contributed by atoms with E-state index in [1.807, 2.05) is 73.3 Å². The third-order valence-corrected chi connectivity index (χ3v) is 5.31. The highest BCUT2D eigenvalue weighted by molar-refractivity contribution is 5.93. The van der Waals surface area contributed by atoms with Crippen LogP contribution in [0, 0.1) is 12.8 Å². The van der Waals surface area contributed by atoms with E-state index < -0.39 is 0 Å². The second-order valence-corrected chi connectivity index (χ2v) is 7.75. The minimum absolute atomic E-state index is 0.0448. The van der Waals surface area contributed by atoms with Gasteiger partial charge in [0.1, 0.15) is 0 Å². The van der Waals surface area contributed by atoms with Gasteiger partial charge < -0.3 is 15.1 Å². The molecule has 0 radical (unpaired) electrons. The van der Waals surface area contributed by atoms with Crippen molar-refractivity contribution in [2.75, 3.05) is 37.4 Å². The molecule has 1 fully saturated rings. The normalized spacial score (nSPS) is 14.6. The van der Waals surface area contributed by atoms with Crippen LogP contribution in [0.5, 0.6) is 0 Å². The molecule has 148 valence electrons. The number of hydrogen-bond acceptors (Lipinski definition) is 3. The number of nitrogens with one attached hydrogen (secondary N) is 1. The van der Waals surface area contributed by atoms with Gasteiger partial charge in [-0.15, -0.1) is 0 Å². The molecule has 1 heterocycles. The van der Waals surface area contributed by atoms with Crippen molar-refractivity contribution in [3.63, 3.8) is 0 Å². The van der Waals surface area contributed by atoms with Crippen molar-refractivity contribution in [1.29, 1.82) is 0 Å². The molecule has 5 heteroatoms. The summed E-state index contributed by atoms with van der Waals surface area (Å²) in [5.74, 6) is 0.142. The second-order valence-electron chi connectivity index (χ2n) is 7.75. The number of nitrogens with zero attached hydrogens (tertiary/aromatic N) is 2. The van der Waals surface area contributed by atoms with Crippen LogP contribution in [0.1, 0.15) is 24.0 Å². The van der Waals surface area contributed by atoms with Crippen molar-refractivity contribution < 1.29 is 9.59 Å². The molecular formula is C23H29N3O2. The van der Waals surface area contributed by atoms with Crippen LogP contribution in [-0.2, 0) is 16.0 Å². The molecule has 2 amide bonds. The minimum Gasteiger partial charge on any atom is -0.378 e. The standard InChI is InChI=1S/C23H29N3O2/c1-17-5-4-6-18(15-17)16-22(27)26-13-11-19(12-14-26)23(28)24-20-7-9-21(10-8-20)25(2)3/h4-10,15,19H,11-14,16H2,1-3H3,(H,24,28). The quantitative estimate of drug-likeness (QED) is 0.865. The van der Waals surface area contributed by atoms with E-state index in [1.54, 1.807) is 0 Å². The number of hydrogen-bond donors (Lipinski definition) is 1. The van der Waals surface area contributed by atoms with Gasteiger partial charge in [-0.2, -0.15) is 0 Å². The Bertz CT molecular complexity index is 822. The zero-order chi connectivity index (χ0) is 20.1. The molecule has 0 aliphatic carbocycles. The van der Waals surface area contributed by atoms with Crippen molar-refractivity contribution in [2.45, 2.75) is 26.2 Å². The van der Waals surface area contributed by atoms with E-state index in [1.165, 1.54) is 5.56 Å². The first-order valence-electron chi connectivity index (χ1n) is 9.84. The second kappa shape index (κ2) is 8.91. The molecule has 5 nitrogen and oxygen atoms in total. The Hall–Kier alpha value is -2.82. The SMILES string of the molecule is Cc1cccc(CC(=O)N2CCC(C(=O)Nc3ccc(N(C)C)cc3)CC2)c1. The molecule has 1 N–H and O–H groups in total. The molecule has 0 spiro atoms. The average Bonchev–Trinajstić information content (AvgIpc) is 2.68. The van der Waals surface area contributed by atoms with Crippen LogP contribution in [0.4, 0.5) is 11.4 Å². The van der Waals surface area contributed by atoms with Gasteiger partial charge >= 0.3 is 0 Å². The number of amides is 2. The monoisotopic (exact) mass is 379 g/mol. The van der Waals surface area contributed by atoms with Crippen molar-refractivity contribution in [1.82, 2.24) is 4.90 Å². The molecule has 2 aromatic carbocycles. The molecular weight excluding hydrogens is 350 g/mol. The third kappa shape index (κ3) is 5.12. The number of benzene rings is 2. The zero-order valence-electron chi connectivity index (χ0n) is 16.9. The van der Waals surface area contributed by atoms with Gasteiger partial charge in [-0.25, -0.2) is 0 Å². The number of piperidine rings is 1. The van der Waals surface area contributed by atoms with E-state index in [2.05, 4.69) is 11.4 Å². The molecule has 0 unspecified atom stereocenters. The highest BCUT2D eigenvalue weighted by atomic mass is 16.2. The third-order valence-electron chi connectivity index (χ3n) is 5.31. The fourth-order valence-electron chi connectivity index (χ4n) is 3.59. The van der Waals surface area contributed by atoms with Crippen LogP contribution in [0.3, 0.4) is 0 Å². The highest BCUT2D eigenvalue weighted by Gasteiger charge is 2.27. The van der Waals surface area contributed by atoms with Crippen molar-refractivity contribution in [2.24, 2.45) is 5.92 Å². The number of likely N-dealkylation sites (tertiary alicyclic amines) is 1. The molecule has 0 saturated carbocycles. The zero-order valence-corrected chi connectivity index (χ0v) is 16.9. The molecule has 1 aliphatic rings. The lowest BCUT2D eigenvalue weighted by Crippen LogP contribution is -2.42. The molecule has 2 aromatic rings. The molecule has 0 atom stereocenters. The summed E-state index contributed by atoms with van der Waals surface area (Å²) in [6.07, 6.45) is 1.85. The first-order valence-corrected chi connectivity index (χ1v) is 9.84. The maximum absolute atomic E-state index is 12.6. The maximum atomic E-state index is 12.6.